The average molecular weight is 437 g/mol. The number of oxime groups is 1. The van der Waals surface area contributed by atoms with E-state index < -0.39 is 51.2 Å². The van der Waals surface area contributed by atoms with E-state index in [-0.39, 0.29) is 28.1 Å². The lowest BCUT2D eigenvalue weighted by Crippen LogP contribution is -2.23. The molecule has 1 aromatic heterocycles. The summed E-state index contributed by atoms with van der Waals surface area (Å²) in [5.74, 6) is -3.17. The Kier molecular flexibility index (Phi) is 5.05. The molecule has 0 saturated heterocycles. The number of carbonyl (C=O) groups excluding carboxylic acids is 1. The van der Waals surface area contributed by atoms with Crippen LogP contribution in [-0.2, 0) is 25.2 Å². The van der Waals surface area contributed by atoms with Crippen LogP contribution in [0.3, 0.4) is 0 Å². The van der Waals surface area contributed by atoms with Crippen molar-refractivity contribution in [2.75, 3.05) is 5.32 Å². The van der Waals surface area contributed by atoms with Gasteiger partial charge in [0.2, 0.25) is 15.7 Å². The Bertz CT molecular complexity index is 1110. The first-order chi connectivity index (χ1) is 13.3. The number of nitrogens with zero attached hydrogens (tertiary/aromatic N) is 2. The van der Waals surface area contributed by atoms with Gasteiger partial charge in [-0.05, 0) is 19.9 Å². The monoisotopic (exact) mass is 437 g/mol. The van der Waals surface area contributed by atoms with Crippen molar-refractivity contribution in [2.45, 2.75) is 44.2 Å². The van der Waals surface area contributed by atoms with E-state index in [2.05, 4.69) is 10.3 Å². The molecule has 2 heterocycles. The number of hydrogen-bond donors (Lipinski definition) is 1. The van der Waals surface area contributed by atoms with Crippen LogP contribution in [0.2, 0.25) is 0 Å². The highest BCUT2D eigenvalue weighted by atomic mass is 32.2. The van der Waals surface area contributed by atoms with Gasteiger partial charge in [0, 0.05) is 17.9 Å². The number of rotatable bonds is 4. The summed E-state index contributed by atoms with van der Waals surface area (Å²) in [7, 11) is -3.92. The predicted molar refractivity (Wildman–Crippen MR) is 93.1 cm³/mol. The lowest BCUT2D eigenvalue weighted by Gasteiger charge is -2.13. The summed E-state index contributed by atoms with van der Waals surface area (Å²) in [6.45, 7) is 3.32. The SMILES string of the molecule is CC1(C)CC(S(=O)(=O)Cc2noc3cc(NC(=O)CC(F)(F)F)c(F)cc23)=NO1. The average Bonchev–Trinajstić information content (AvgIpc) is 3.09. The molecule has 0 saturated carbocycles. The van der Waals surface area contributed by atoms with Crippen LogP contribution in [0.1, 0.15) is 32.4 Å². The molecule has 0 fully saturated rings. The van der Waals surface area contributed by atoms with Gasteiger partial charge >= 0.3 is 6.18 Å². The molecule has 158 valence electrons. The predicted octanol–water partition coefficient (Wildman–Crippen LogP) is 3.29. The molecule has 29 heavy (non-hydrogen) atoms. The summed E-state index contributed by atoms with van der Waals surface area (Å²) in [6, 6.07) is 1.76. The molecule has 0 radical (unpaired) electrons. The molecule has 0 unspecified atom stereocenters. The van der Waals surface area contributed by atoms with E-state index in [1.807, 2.05) is 0 Å². The van der Waals surface area contributed by atoms with Crippen LogP contribution >= 0.6 is 0 Å². The zero-order valence-corrected chi connectivity index (χ0v) is 15.9. The number of aromatic nitrogens is 1. The molecule has 0 spiro atoms. The second-order valence-corrected chi connectivity index (χ2v) is 9.06. The number of hydrogen-bond acceptors (Lipinski definition) is 7. The summed E-state index contributed by atoms with van der Waals surface area (Å²) in [5.41, 5.74) is -1.54. The quantitative estimate of drug-likeness (QED) is 0.735. The molecule has 0 atom stereocenters. The number of alkyl halides is 3. The van der Waals surface area contributed by atoms with E-state index in [0.717, 1.165) is 12.1 Å². The fraction of sp³-hybridized carbons (Fsp3) is 0.438. The number of sulfone groups is 1. The summed E-state index contributed by atoms with van der Waals surface area (Å²) in [6.07, 6.45) is -6.49. The number of benzene rings is 1. The lowest BCUT2D eigenvalue weighted by atomic mass is 10.1. The zero-order valence-electron chi connectivity index (χ0n) is 15.1. The molecule has 1 aliphatic rings. The third-order valence-corrected chi connectivity index (χ3v) is 5.52. The van der Waals surface area contributed by atoms with Crippen molar-refractivity contribution < 1.29 is 40.1 Å². The Morgan fingerprint density at radius 2 is 2.00 bits per heavy atom. The van der Waals surface area contributed by atoms with E-state index in [1.54, 1.807) is 19.2 Å². The third-order valence-electron chi connectivity index (χ3n) is 3.93. The van der Waals surface area contributed by atoms with Gasteiger partial charge in [-0.25, -0.2) is 12.8 Å². The van der Waals surface area contributed by atoms with Gasteiger partial charge in [0.05, 0.1) is 5.69 Å². The molecule has 1 aromatic carbocycles. The van der Waals surface area contributed by atoms with Crippen LogP contribution in [-0.4, -0.2) is 36.3 Å². The van der Waals surface area contributed by atoms with Gasteiger partial charge in [-0.15, -0.1) is 0 Å². The Hall–Kier alpha value is -2.70. The summed E-state index contributed by atoms with van der Waals surface area (Å²) >= 11 is 0. The van der Waals surface area contributed by atoms with Gasteiger partial charge in [-0.3, -0.25) is 4.79 Å². The van der Waals surface area contributed by atoms with E-state index in [9.17, 15) is 30.8 Å². The van der Waals surface area contributed by atoms with Crippen LogP contribution in [0, 0.1) is 5.82 Å². The molecule has 8 nitrogen and oxygen atoms in total. The maximum absolute atomic E-state index is 14.2. The van der Waals surface area contributed by atoms with Crippen molar-refractivity contribution >= 4 is 37.4 Å². The zero-order chi connectivity index (χ0) is 21.6. The van der Waals surface area contributed by atoms with E-state index in [0.29, 0.717) is 0 Å². The second-order valence-electron chi connectivity index (χ2n) is 7.07. The number of anilines is 1. The largest absolute Gasteiger partial charge is 0.397 e. The standard InChI is InChI=1S/C16H15F4N3O5S/c1-15(2)6-14(23-28-15)29(25,26)7-11-8-3-9(17)10(4-12(8)27-22-11)21-13(24)5-16(18,19)20/h3-4H,5-7H2,1-2H3,(H,21,24). The minimum Gasteiger partial charge on any atom is -0.389 e. The Balaban J connectivity index is 1.84. The van der Waals surface area contributed by atoms with Crippen LogP contribution < -0.4 is 5.32 Å². The molecule has 3 rings (SSSR count). The molecule has 13 heteroatoms. The fourth-order valence-electron chi connectivity index (χ4n) is 2.62. The van der Waals surface area contributed by atoms with Crippen LogP contribution in [0.15, 0.2) is 21.8 Å². The maximum atomic E-state index is 14.2. The van der Waals surface area contributed by atoms with E-state index in [1.165, 1.54) is 0 Å². The lowest BCUT2D eigenvalue weighted by molar-refractivity contribution is -0.150. The number of carbonyl (C=O) groups is 1. The number of fused-ring (bicyclic) bond motifs is 1. The first kappa shape index (κ1) is 21.0. The minimum absolute atomic E-state index is 0.00123. The highest BCUT2D eigenvalue weighted by Gasteiger charge is 2.37. The molecule has 1 amide bonds. The summed E-state index contributed by atoms with van der Waals surface area (Å²) < 4.78 is 80.9. The van der Waals surface area contributed by atoms with Gasteiger partial charge in [0.1, 0.15) is 29.3 Å². The third kappa shape index (κ3) is 4.83. The summed E-state index contributed by atoms with van der Waals surface area (Å²) in [5, 5.41) is 8.78. The second kappa shape index (κ2) is 6.97. The molecular formula is C16H15F4N3O5S. The molecule has 1 aliphatic heterocycles. The molecular weight excluding hydrogens is 422 g/mol. The number of halogens is 4. The van der Waals surface area contributed by atoms with Crippen molar-refractivity contribution in [2.24, 2.45) is 5.16 Å². The van der Waals surface area contributed by atoms with Crippen molar-refractivity contribution in [3.63, 3.8) is 0 Å². The Morgan fingerprint density at radius 3 is 2.59 bits per heavy atom. The van der Waals surface area contributed by atoms with Crippen LogP contribution in [0.4, 0.5) is 23.2 Å². The van der Waals surface area contributed by atoms with Gasteiger partial charge in [-0.2, -0.15) is 13.2 Å². The molecule has 2 aromatic rings. The Labute approximate surface area is 161 Å². The van der Waals surface area contributed by atoms with Gasteiger partial charge in [0.25, 0.3) is 0 Å². The minimum atomic E-state index is -4.75. The van der Waals surface area contributed by atoms with Gasteiger partial charge in [0.15, 0.2) is 10.6 Å². The smallest absolute Gasteiger partial charge is 0.389 e. The molecule has 0 aliphatic carbocycles. The first-order valence-electron chi connectivity index (χ1n) is 8.18. The molecule has 1 N–H and O–H groups in total. The summed E-state index contributed by atoms with van der Waals surface area (Å²) in [4.78, 5) is 16.4. The normalized spacial score (nSPS) is 16.6. The van der Waals surface area contributed by atoms with E-state index >= 15 is 0 Å². The fourth-order valence-corrected chi connectivity index (χ4v) is 4.07. The first-order valence-corrected chi connectivity index (χ1v) is 9.83. The van der Waals surface area contributed by atoms with Crippen molar-refractivity contribution in [1.82, 2.24) is 5.16 Å². The van der Waals surface area contributed by atoms with E-state index in [4.69, 9.17) is 9.36 Å². The van der Waals surface area contributed by atoms with Crippen molar-refractivity contribution in [1.29, 1.82) is 0 Å². The van der Waals surface area contributed by atoms with Crippen molar-refractivity contribution in [3.05, 3.63) is 23.6 Å². The van der Waals surface area contributed by atoms with Crippen molar-refractivity contribution in [3.8, 4) is 0 Å². The Morgan fingerprint density at radius 1 is 1.31 bits per heavy atom. The topological polar surface area (TPSA) is 111 Å². The van der Waals surface area contributed by atoms with Gasteiger partial charge in [-0.1, -0.05) is 10.3 Å². The van der Waals surface area contributed by atoms with Crippen LogP contribution in [0.25, 0.3) is 11.0 Å². The molecule has 0 bridgehead atoms. The number of amides is 1. The highest BCUT2D eigenvalue weighted by Crippen LogP contribution is 2.30. The maximum Gasteiger partial charge on any atom is 0.397 e. The van der Waals surface area contributed by atoms with Gasteiger partial charge < -0.3 is 14.7 Å². The number of nitrogens with one attached hydrogen (secondary N) is 1. The highest BCUT2D eigenvalue weighted by molar-refractivity contribution is 8.05. The van der Waals surface area contributed by atoms with Crippen LogP contribution in [0.5, 0.6) is 0 Å².